The summed E-state index contributed by atoms with van der Waals surface area (Å²) in [7, 11) is 0. The zero-order valence-corrected chi connectivity index (χ0v) is 11.4. The number of carboxylic acid groups (broad SMARTS) is 1. The van der Waals surface area contributed by atoms with Crippen molar-refractivity contribution in [3.63, 3.8) is 0 Å². The number of ether oxygens (including phenoxy) is 1. The molecular weight excluding hydrogens is 238 g/mol. The maximum atomic E-state index is 11.7. The maximum Gasteiger partial charge on any atom is 0.408 e. The van der Waals surface area contributed by atoms with Crippen molar-refractivity contribution in [3.8, 4) is 0 Å². The predicted octanol–water partition coefficient (Wildman–Crippen LogP) is 1.13. The van der Waals surface area contributed by atoms with Gasteiger partial charge in [0.1, 0.15) is 5.60 Å². The third kappa shape index (κ3) is 2.29. The van der Waals surface area contributed by atoms with Crippen LogP contribution in [0.2, 0.25) is 0 Å². The van der Waals surface area contributed by atoms with E-state index in [0.717, 1.165) is 0 Å². The summed E-state index contributed by atoms with van der Waals surface area (Å²) in [5.41, 5.74) is -3.11. The van der Waals surface area contributed by atoms with Crippen LogP contribution in [0, 0.1) is 5.41 Å². The molecule has 0 saturated heterocycles. The first kappa shape index (κ1) is 14.8. The molecule has 1 aliphatic carbocycles. The summed E-state index contributed by atoms with van der Waals surface area (Å²) in [5, 5.41) is 21.3. The number of carboxylic acids is 1. The fourth-order valence-corrected chi connectivity index (χ4v) is 2.07. The molecule has 1 saturated carbocycles. The third-order valence-electron chi connectivity index (χ3n) is 3.51. The van der Waals surface area contributed by atoms with Crippen LogP contribution in [0.4, 0.5) is 4.79 Å². The molecule has 18 heavy (non-hydrogen) atoms. The van der Waals surface area contributed by atoms with Crippen molar-refractivity contribution in [2.24, 2.45) is 5.41 Å². The number of nitrogens with one attached hydrogen (secondary N) is 1. The number of aliphatic hydroxyl groups is 1. The van der Waals surface area contributed by atoms with Crippen LogP contribution in [-0.2, 0) is 9.53 Å². The van der Waals surface area contributed by atoms with Crippen molar-refractivity contribution in [2.75, 3.05) is 0 Å². The van der Waals surface area contributed by atoms with Gasteiger partial charge in [-0.3, -0.25) is 0 Å². The van der Waals surface area contributed by atoms with Crippen molar-refractivity contribution >= 4 is 12.1 Å². The number of aliphatic carboxylic acids is 1. The quantitative estimate of drug-likeness (QED) is 0.690. The number of carbonyl (C=O) groups excluding carboxylic acids is 1. The van der Waals surface area contributed by atoms with Gasteiger partial charge in [0.25, 0.3) is 0 Å². The molecule has 0 bridgehead atoms. The molecule has 2 unspecified atom stereocenters. The molecule has 0 spiro atoms. The van der Waals surface area contributed by atoms with Crippen molar-refractivity contribution in [1.82, 2.24) is 5.32 Å². The summed E-state index contributed by atoms with van der Waals surface area (Å²) in [6, 6.07) is 0. The summed E-state index contributed by atoms with van der Waals surface area (Å²) in [4.78, 5) is 23.1. The topological polar surface area (TPSA) is 95.9 Å². The monoisotopic (exact) mass is 259 g/mol. The molecule has 104 valence electrons. The van der Waals surface area contributed by atoms with Crippen LogP contribution in [-0.4, -0.2) is 39.5 Å². The highest BCUT2D eigenvalue weighted by Crippen LogP contribution is 2.49. The molecule has 0 aromatic carbocycles. The summed E-state index contributed by atoms with van der Waals surface area (Å²) in [5.74, 6) is -1.16. The van der Waals surface area contributed by atoms with Gasteiger partial charge < -0.3 is 20.3 Å². The number of amides is 1. The molecule has 0 radical (unpaired) electrons. The highest BCUT2D eigenvalue weighted by atomic mass is 16.6. The second-order valence-electron chi connectivity index (χ2n) is 6.28. The largest absolute Gasteiger partial charge is 0.479 e. The lowest BCUT2D eigenvalue weighted by Gasteiger charge is -2.56. The Bertz CT molecular complexity index is 371. The van der Waals surface area contributed by atoms with E-state index in [9.17, 15) is 19.8 Å². The Labute approximate surface area is 106 Å². The Morgan fingerprint density at radius 2 is 1.83 bits per heavy atom. The standard InChI is InChI=1S/C12H21NO5/c1-10(2,3)18-9(17)13-12(8(15)16)6-7(14)11(12,4)5/h7,14H,6H2,1-5H3,(H,13,17)(H,15,16). The van der Waals surface area contributed by atoms with Gasteiger partial charge in [0.2, 0.25) is 0 Å². The summed E-state index contributed by atoms with van der Waals surface area (Å²) in [6.07, 6.45) is -1.57. The molecule has 3 N–H and O–H groups in total. The zero-order valence-electron chi connectivity index (χ0n) is 11.4. The fraction of sp³-hybridized carbons (Fsp3) is 0.833. The Kier molecular flexibility index (Phi) is 3.38. The van der Waals surface area contributed by atoms with Crippen LogP contribution in [0.1, 0.15) is 41.0 Å². The minimum absolute atomic E-state index is 0.0193. The Hall–Kier alpha value is -1.30. The van der Waals surface area contributed by atoms with Crippen LogP contribution in [0.25, 0.3) is 0 Å². The van der Waals surface area contributed by atoms with Crippen molar-refractivity contribution < 1.29 is 24.5 Å². The van der Waals surface area contributed by atoms with Gasteiger partial charge in [-0.2, -0.15) is 0 Å². The lowest BCUT2D eigenvalue weighted by Crippen LogP contribution is -2.75. The number of rotatable bonds is 2. The van der Waals surface area contributed by atoms with E-state index in [2.05, 4.69) is 5.32 Å². The molecule has 1 amide bonds. The number of alkyl carbamates (subject to hydrolysis) is 1. The lowest BCUT2D eigenvalue weighted by atomic mass is 9.54. The maximum absolute atomic E-state index is 11.7. The van der Waals surface area contributed by atoms with Crippen molar-refractivity contribution in [3.05, 3.63) is 0 Å². The molecule has 2 atom stereocenters. The minimum atomic E-state index is -1.48. The van der Waals surface area contributed by atoms with E-state index in [-0.39, 0.29) is 6.42 Å². The normalized spacial score (nSPS) is 30.2. The van der Waals surface area contributed by atoms with E-state index >= 15 is 0 Å². The van der Waals surface area contributed by atoms with Gasteiger partial charge in [-0.05, 0) is 20.8 Å². The fourth-order valence-electron chi connectivity index (χ4n) is 2.07. The zero-order chi connectivity index (χ0) is 14.4. The van der Waals surface area contributed by atoms with E-state index < -0.39 is 34.7 Å². The van der Waals surface area contributed by atoms with Crippen molar-refractivity contribution in [1.29, 1.82) is 0 Å². The molecule has 0 heterocycles. The van der Waals surface area contributed by atoms with E-state index in [1.54, 1.807) is 34.6 Å². The molecule has 1 aliphatic rings. The van der Waals surface area contributed by atoms with E-state index in [1.165, 1.54) is 0 Å². The first-order valence-electron chi connectivity index (χ1n) is 5.85. The SMILES string of the molecule is CC(C)(C)OC(=O)NC1(C(=O)O)CC(O)C1(C)C. The molecule has 0 aromatic heterocycles. The van der Waals surface area contributed by atoms with E-state index in [4.69, 9.17) is 4.74 Å². The van der Waals surface area contributed by atoms with Gasteiger partial charge >= 0.3 is 12.1 Å². The van der Waals surface area contributed by atoms with Crippen LogP contribution in [0.5, 0.6) is 0 Å². The molecule has 6 nitrogen and oxygen atoms in total. The number of hydrogen-bond acceptors (Lipinski definition) is 4. The summed E-state index contributed by atoms with van der Waals surface area (Å²) in [6.45, 7) is 8.29. The smallest absolute Gasteiger partial charge is 0.408 e. The van der Waals surface area contributed by atoms with Gasteiger partial charge in [0.05, 0.1) is 6.10 Å². The average molecular weight is 259 g/mol. The predicted molar refractivity (Wildman–Crippen MR) is 64.1 cm³/mol. The van der Waals surface area contributed by atoms with Gasteiger partial charge in [-0.1, -0.05) is 13.8 Å². The molecule has 1 fully saturated rings. The molecule has 0 aliphatic heterocycles. The van der Waals surface area contributed by atoms with Crippen LogP contribution in [0.3, 0.4) is 0 Å². The molecule has 6 heteroatoms. The summed E-state index contributed by atoms with van der Waals surface area (Å²) >= 11 is 0. The first-order chi connectivity index (χ1) is 7.92. The number of aliphatic hydroxyl groups excluding tert-OH is 1. The van der Waals surface area contributed by atoms with Crippen LogP contribution >= 0.6 is 0 Å². The minimum Gasteiger partial charge on any atom is -0.479 e. The highest BCUT2D eigenvalue weighted by molar-refractivity contribution is 5.87. The average Bonchev–Trinajstić information content (AvgIpc) is 2.13. The third-order valence-corrected chi connectivity index (χ3v) is 3.51. The van der Waals surface area contributed by atoms with Gasteiger partial charge in [-0.25, -0.2) is 9.59 Å². The second-order valence-corrected chi connectivity index (χ2v) is 6.28. The van der Waals surface area contributed by atoms with Gasteiger partial charge in [-0.15, -0.1) is 0 Å². The van der Waals surface area contributed by atoms with E-state index in [1.807, 2.05) is 0 Å². The Morgan fingerprint density at radius 3 is 2.11 bits per heavy atom. The van der Waals surface area contributed by atoms with E-state index in [0.29, 0.717) is 0 Å². The lowest BCUT2D eigenvalue weighted by molar-refractivity contribution is -0.181. The Balaban J connectivity index is 2.85. The van der Waals surface area contributed by atoms with Crippen LogP contribution < -0.4 is 5.32 Å². The molecule has 0 aromatic rings. The summed E-state index contributed by atoms with van der Waals surface area (Å²) < 4.78 is 5.05. The highest BCUT2D eigenvalue weighted by Gasteiger charge is 2.66. The van der Waals surface area contributed by atoms with Gasteiger partial charge in [0.15, 0.2) is 5.54 Å². The Morgan fingerprint density at radius 1 is 1.33 bits per heavy atom. The molecule has 1 rings (SSSR count). The van der Waals surface area contributed by atoms with Gasteiger partial charge in [0, 0.05) is 11.8 Å². The first-order valence-corrected chi connectivity index (χ1v) is 5.85. The number of hydrogen-bond donors (Lipinski definition) is 3. The second kappa shape index (κ2) is 4.12. The molecular formula is C12H21NO5. The van der Waals surface area contributed by atoms with Crippen LogP contribution in [0.15, 0.2) is 0 Å². The van der Waals surface area contributed by atoms with Crippen molar-refractivity contribution in [2.45, 2.75) is 58.3 Å². The number of carbonyl (C=O) groups is 2.